The first-order chi connectivity index (χ1) is 15.1. The minimum Gasteiger partial charge on any atom is -0.497 e. The molecule has 1 fully saturated rings. The summed E-state index contributed by atoms with van der Waals surface area (Å²) >= 11 is 0. The van der Waals surface area contributed by atoms with Gasteiger partial charge in [-0.1, -0.05) is 0 Å². The van der Waals surface area contributed by atoms with Gasteiger partial charge in [0.25, 0.3) is 0 Å². The molecule has 0 saturated carbocycles. The van der Waals surface area contributed by atoms with Gasteiger partial charge >= 0.3 is 0 Å². The zero-order valence-corrected chi connectivity index (χ0v) is 19.2. The summed E-state index contributed by atoms with van der Waals surface area (Å²) in [7, 11) is 3.37. The third kappa shape index (κ3) is 6.89. The molecule has 0 aliphatic carbocycles. The second-order valence-electron chi connectivity index (χ2n) is 7.97. The summed E-state index contributed by atoms with van der Waals surface area (Å²) in [4.78, 5) is 7.23. The van der Waals surface area contributed by atoms with Crippen molar-refractivity contribution >= 4 is 5.96 Å². The van der Waals surface area contributed by atoms with Gasteiger partial charge in [-0.25, -0.2) is 0 Å². The number of aliphatic imine (C=N–C) groups is 1. The Hall–Kier alpha value is -2.74. The minimum atomic E-state index is 0.390. The highest BCUT2D eigenvalue weighted by Crippen LogP contribution is 2.24. The number of H-pyrrole nitrogens is 1. The lowest BCUT2D eigenvalue weighted by Crippen LogP contribution is -2.44. The maximum atomic E-state index is 5.40. The van der Waals surface area contributed by atoms with Crippen LogP contribution in [0.1, 0.15) is 36.6 Å². The third-order valence-corrected chi connectivity index (χ3v) is 5.58. The molecular weight excluding hydrogens is 392 g/mol. The molecule has 0 spiro atoms. The van der Waals surface area contributed by atoms with Crippen molar-refractivity contribution in [1.29, 1.82) is 0 Å². The van der Waals surface area contributed by atoms with Crippen LogP contribution in [0.4, 0.5) is 0 Å². The van der Waals surface area contributed by atoms with Crippen molar-refractivity contribution in [1.82, 2.24) is 25.7 Å². The molecule has 3 rings (SSSR count). The largest absolute Gasteiger partial charge is 0.497 e. The van der Waals surface area contributed by atoms with Crippen LogP contribution in [-0.4, -0.2) is 67.5 Å². The number of rotatable bonds is 10. The summed E-state index contributed by atoms with van der Waals surface area (Å²) in [5.74, 6) is 2.56. The number of nitrogens with zero attached hydrogens (tertiary/aromatic N) is 3. The molecule has 1 aliphatic heterocycles. The van der Waals surface area contributed by atoms with Crippen molar-refractivity contribution in [2.45, 2.75) is 45.7 Å². The number of likely N-dealkylation sites (tertiary alicyclic amines) is 1. The quantitative estimate of drug-likeness (QED) is 0.306. The summed E-state index contributed by atoms with van der Waals surface area (Å²) < 4.78 is 10.8. The SMILES string of the molecule is CCNC(=NCCCc1cn[nH]c1C)NC1CCN(Cc2cc(OC)cc(OC)c2)C1. The van der Waals surface area contributed by atoms with Crippen LogP contribution in [0.5, 0.6) is 11.5 Å². The summed E-state index contributed by atoms with van der Waals surface area (Å²) in [6.07, 6.45) is 5.01. The monoisotopic (exact) mass is 428 g/mol. The first kappa shape index (κ1) is 22.9. The molecule has 1 atom stereocenters. The van der Waals surface area contributed by atoms with Crippen LogP contribution >= 0.6 is 0 Å². The molecule has 31 heavy (non-hydrogen) atoms. The second kappa shape index (κ2) is 11.6. The van der Waals surface area contributed by atoms with E-state index in [0.29, 0.717) is 6.04 Å². The molecule has 2 aromatic rings. The fourth-order valence-electron chi connectivity index (χ4n) is 3.91. The maximum absolute atomic E-state index is 5.40. The number of aryl methyl sites for hydroxylation is 2. The average Bonchev–Trinajstić information content (AvgIpc) is 3.39. The molecule has 3 N–H and O–H groups in total. The van der Waals surface area contributed by atoms with Crippen molar-refractivity contribution < 1.29 is 9.47 Å². The highest BCUT2D eigenvalue weighted by atomic mass is 16.5. The van der Waals surface area contributed by atoms with E-state index < -0.39 is 0 Å². The predicted octanol–water partition coefficient (Wildman–Crippen LogP) is 2.50. The Labute approximate surface area is 185 Å². The van der Waals surface area contributed by atoms with Gasteiger partial charge in [0.05, 0.1) is 20.4 Å². The number of hydrogen-bond donors (Lipinski definition) is 3. The van der Waals surface area contributed by atoms with Gasteiger partial charge in [0, 0.05) is 50.5 Å². The third-order valence-electron chi connectivity index (χ3n) is 5.58. The molecule has 170 valence electrons. The number of aromatic amines is 1. The molecule has 8 heteroatoms. The van der Waals surface area contributed by atoms with Crippen LogP contribution in [0.3, 0.4) is 0 Å². The smallest absolute Gasteiger partial charge is 0.191 e. The molecule has 1 unspecified atom stereocenters. The standard InChI is InChI=1S/C23H36N6O2/c1-5-24-23(25-9-6-7-19-14-26-28-17(19)2)27-20-8-10-29(16-20)15-18-11-21(30-3)13-22(12-18)31-4/h11-14,20H,5-10,15-16H2,1-4H3,(H,26,28)(H2,24,25,27). The highest BCUT2D eigenvalue weighted by molar-refractivity contribution is 5.80. The molecule has 1 aliphatic rings. The number of guanidine groups is 1. The molecule has 0 bridgehead atoms. The Morgan fingerprint density at radius 2 is 2.03 bits per heavy atom. The number of hydrogen-bond acceptors (Lipinski definition) is 5. The van der Waals surface area contributed by atoms with Gasteiger partial charge in [-0.05, 0) is 56.4 Å². The Balaban J connectivity index is 1.49. The van der Waals surface area contributed by atoms with E-state index >= 15 is 0 Å². The van der Waals surface area contributed by atoms with E-state index in [1.807, 2.05) is 12.3 Å². The summed E-state index contributed by atoms with van der Waals surface area (Å²) in [6.45, 7) is 8.72. The van der Waals surface area contributed by atoms with Crippen molar-refractivity contribution in [2.24, 2.45) is 4.99 Å². The summed E-state index contributed by atoms with van der Waals surface area (Å²) in [6, 6.07) is 6.46. The number of aromatic nitrogens is 2. The van der Waals surface area contributed by atoms with Crippen LogP contribution in [0, 0.1) is 6.92 Å². The zero-order chi connectivity index (χ0) is 22.1. The lowest BCUT2D eigenvalue weighted by Gasteiger charge is -2.19. The normalized spacial score (nSPS) is 17.0. The van der Waals surface area contributed by atoms with Gasteiger partial charge in [-0.15, -0.1) is 0 Å². The fourth-order valence-corrected chi connectivity index (χ4v) is 3.91. The lowest BCUT2D eigenvalue weighted by atomic mass is 10.1. The van der Waals surface area contributed by atoms with Gasteiger partial charge in [0.1, 0.15) is 11.5 Å². The van der Waals surface area contributed by atoms with Crippen LogP contribution in [0.15, 0.2) is 29.4 Å². The predicted molar refractivity (Wildman–Crippen MR) is 124 cm³/mol. The van der Waals surface area contributed by atoms with Crippen LogP contribution in [0.25, 0.3) is 0 Å². The number of methoxy groups -OCH3 is 2. The van der Waals surface area contributed by atoms with E-state index in [-0.39, 0.29) is 0 Å². The first-order valence-electron chi connectivity index (χ1n) is 11.1. The molecular formula is C23H36N6O2. The second-order valence-corrected chi connectivity index (χ2v) is 7.97. The number of nitrogens with one attached hydrogen (secondary N) is 3. The van der Waals surface area contributed by atoms with Gasteiger partial charge < -0.3 is 20.1 Å². The first-order valence-corrected chi connectivity index (χ1v) is 11.1. The van der Waals surface area contributed by atoms with E-state index in [1.54, 1.807) is 14.2 Å². The van der Waals surface area contributed by atoms with Gasteiger partial charge in [-0.3, -0.25) is 15.0 Å². The van der Waals surface area contributed by atoms with Crippen LogP contribution < -0.4 is 20.1 Å². The fraction of sp³-hybridized carbons (Fsp3) is 0.565. The van der Waals surface area contributed by atoms with Crippen molar-refractivity contribution in [3.63, 3.8) is 0 Å². The molecule has 0 radical (unpaired) electrons. The molecule has 1 aromatic heterocycles. The Morgan fingerprint density at radius 3 is 2.68 bits per heavy atom. The Bertz CT molecular complexity index is 828. The Morgan fingerprint density at radius 1 is 1.26 bits per heavy atom. The van der Waals surface area contributed by atoms with Crippen molar-refractivity contribution in [2.75, 3.05) is 40.4 Å². The van der Waals surface area contributed by atoms with E-state index in [1.165, 1.54) is 11.1 Å². The van der Waals surface area contributed by atoms with Gasteiger partial charge in [-0.2, -0.15) is 5.10 Å². The van der Waals surface area contributed by atoms with Gasteiger partial charge in [0.15, 0.2) is 5.96 Å². The van der Waals surface area contributed by atoms with E-state index in [2.05, 4.69) is 51.7 Å². The minimum absolute atomic E-state index is 0.390. The lowest BCUT2D eigenvalue weighted by molar-refractivity contribution is 0.321. The summed E-state index contributed by atoms with van der Waals surface area (Å²) in [5.41, 5.74) is 3.62. The van der Waals surface area contributed by atoms with E-state index in [4.69, 9.17) is 14.5 Å². The molecule has 8 nitrogen and oxygen atoms in total. The van der Waals surface area contributed by atoms with E-state index in [9.17, 15) is 0 Å². The molecule has 1 saturated heterocycles. The van der Waals surface area contributed by atoms with E-state index in [0.717, 1.165) is 75.1 Å². The van der Waals surface area contributed by atoms with Crippen molar-refractivity contribution in [3.8, 4) is 11.5 Å². The zero-order valence-electron chi connectivity index (χ0n) is 19.2. The molecule has 1 aromatic carbocycles. The Kier molecular flexibility index (Phi) is 8.58. The van der Waals surface area contributed by atoms with Gasteiger partial charge in [0.2, 0.25) is 0 Å². The summed E-state index contributed by atoms with van der Waals surface area (Å²) in [5, 5.41) is 14.1. The molecule has 0 amide bonds. The van der Waals surface area contributed by atoms with Crippen molar-refractivity contribution in [3.05, 3.63) is 41.2 Å². The average molecular weight is 429 g/mol. The molecule has 2 heterocycles. The maximum Gasteiger partial charge on any atom is 0.191 e. The van der Waals surface area contributed by atoms with Crippen LogP contribution in [-0.2, 0) is 13.0 Å². The number of ether oxygens (including phenoxy) is 2. The topological polar surface area (TPSA) is 86.8 Å². The number of benzene rings is 1. The van der Waals surface area contributed by atoms with Crippen LogP contribution in [0.2, 0.25) is 0 Å². The highest BCUT2D eigenvalue weighted by Gasteiger charge is 2.23.